The first-order valence-electron chi connectivity index (χ1n) is 49.2. The van der Waals surface area contributed by atoms with Crippen molar-refractivity contribution in [1.82, 2.24) is 43.6 Å². The van der Waals surface area contributed by atoms with Gasteiger partial charge in [0, 0.05) is 114 Å². The quantitative estimate of drug-likeness (QED) is 0.0158. The third kappa shape index (κ3) is 44.5. The van der Waals surface area contributed by atoms with Crippen LogP contribution in [0.5, 0.6) is 11.5 Å². The number of nitrogens with two attached hydrogens (primary N) is 10. The fourth-order valence-corrected chi connectivity index (χ4v) is 15.1. The van der Waals surface area contributed by atoms with Crippen LogP contribution < -0.4 is 72.1 Å². The Bertz CT molecular complexity index is 5540. The fraction of sp³-hybridized carbons (Fsp3) is 0.351. The number of halogens is 1. The molecule has 21 N–H and O–H groups in total. The topological polar surface area (TPSA) is 392 Å². The number of anilines is 1. The Morgan fingerprint density at radius 2 is 0.855 bits per heavy atom. The van der Waals surface area contributed by atoms with E-state index in [0.717, 1.165) is 270 Å². The molecule has 0 saturated heterocycles. The first-order valence-corrected chi connectivity index (χ1v) is 49.6. The van der Waals surface area contributed by atoms with Gasteiger partial charge in [0.1, 0.15) is 17.0 Å². The number of aryl methyl sites for hydroxylation is 8. The molecule has 0 aliphatic carbocycles. The molecule has 0 aliphatic rings. The minimum Gasteiger partial charge on any atom is -0.497 e. The van der Waals surface area contributed by atoms with Gasteiger partial charge >= 0.3 is 0 Å². The molecule has 7 heterocycles. The summed E-state index contributed by atoms with van der Waals surface area (Å²) in [7, 11) is 3.36. The second-order valence-corrected chi connectivity index (χ2v) is 33.4. The summed E-state index contributed by atoms with van der Waals surface area (Å²) >= 11 is 5.83. The van der Waals surface area contributed by atoms with Gasteiger partial charge in [-0.1, -0.05) is 163 Å². The molecular weight excluding hydrogens is 1730 g/mol. The number of hydrogen-bond acceptors (Lipinski definition) is 20. The molecule has 736 valence electrons. The maximum atomic E-state index is 5.83. The number of nitrogens with zero attached hydrogens (tertiary/aromatic N) is 9. The van der Waals surface area contributed by atoms with Gasteiger partial charge in [-0.15, -0.1) is 0 Å². The van der Waals surface area contributed by atoms with Crippen LogP contribution in [0, 0.1) is 0 Å². The van der Waals surface area contributed by atoms with Gasteiger partial charge in [-0.25, -0.2) is 9.97 Å². The highest BCUT2D eigenvalue weighted by Gasteiger charge is 2.10. The molecule has 0 spiro atoms. The molecule has 0 saturated carbocycles. The van der Waals surface area contributed by atoms with E-state index in [0.29, 0.717) is 19.8 Å². The van der Waals surface area contributed by atoms with Crippen molar-refractivity contribution in [2.45, 2.75) is 167 Å². The Hall–Kier alpha value is -12.2. The van der Waals surface area contributed by atoms with Crippen molar-refractivity contribution in [2.24, 2.45) is 57.3 Å². The number of methoxy groups -OCH3 is 2. The summed E-state index contributed by atoms with van der Waals surface area (Å²) in [6.45, 7) is 12.9. The van der Waals surface area contributed by atoms with E-state index in [1.165, 1.54) is 78.1 Å². The monoisotopic (exact) mass is 1890 g/mol. The number of rotatable bonds is 43. The normalized spacial score (nSPS) is 10.5. The van der Waals surface area contributed by atoms with E-state index >= 15 is 0 Å². The zero-order valence-electron chi connectivity index (χ0n) is 81.8. The van der Waals surface area contributed by atoms with E-state index in [1.807, 2.05) is 177 Å². The number of benzene rings is 9. The molecule has 7 aromatic heterocycles. The maximum absolute atomic E-state index is 5.83. The molecule has 24 heteroatoms. The predicted octanol–water partition coefficient (Wildman–Crippen LogP) is 20.6. The Morgan fingerprint density at radius 1 is 0.348 bits per heavy atom. The number of hydrogen-bond donors (Lipinski definition) is 11. The van der Waals surface area contributed by atoms with Crippen molar-refractivity contribution in [3.8, 4) is 22.8 Å². The summed E-state index contributed by atoms with van der Waals surface area (Å²) in [5.74, 6) is 1.72. The molecule has 0 atom stereocenters. The van der Waals surface area contributed by atoms with Crippen molar-refractivity contribution >= 4 is 71.9 Å². The summed E-state index contributed by atoms with van der Waals surface area (Å²) in [6.07, 6.45) is 41.4. The first-order chi connectivity index (χ1) is 68.0. The van der Waals surface area contributed by atoms with Gasteiger partial charge in [0.2, 0.25) is 0 Å². The molecule has 0 bridgehead atoms. The lowest BCUT2D eigenvalue weighted by molar-refractivity contribution is 0.128. The minimum absolute atomic E-state index is 0.590. The zero-order valence-corrected chi connectivity index (χ0v) is 82.5. The standard InChI is InChI=1S/2C14H18N2O.C13H16N2.C12H16N4.C12H16N2.C11H15N3.C10H14ClN.C10H15N.C9H14N2.C9H13NO/c1-17-13-7-4-6-12-11(5-2-3-9-15)8-10-16-14(12)13;1-17-12-5-6-14-13(10-12)11(7-9-16-14)4-2-3-8-15;14-9-4-3-5-11-8-10-15-13-7-2-1-6-12(11)13;13-5-1-2-7-16-9-12(15-10-16)11-4-3-6-14-8-11;13-8-3-4-9-14-10-7-11-5-1-2-6-12(11)14;12-7-3-4-8-14-9-13-10-5-1-2-6-11(10)14;11-10-6-3-5-9(8-10)4-1-2-7-12;11-9-5-4-8-10-6-2-1-3-7-10;10-7-4-8-11-9-5-2-1-3-6-9;10-6-7-11-8-9-4-2-1-3-5-9/h4,6-8,10H,2-3,5,9,15H2,1H3;5-7,9-10H,2-4,8,15H2,1H3;1-2,6-8,10H,3-5,9,14H2;3-4,6,8-10H,1-2,5,7,13H2;1-2,5-7,10H,3-4,8-9,13H2;1-2,5-6,9H,3-4,7-8,12H2;3,5-6,8H,1-2,4,7,12H2;1-3,6-7H,4-5,8-9,11H2;1-3,5-6,11H,4,7-8,10H2;1-5H,6-8,10H2. The number of imidazole rings is 2. The Morgan fingerprint density at radius 3 is 1.46 bits per heavy atom. The lowest BCUT2D eigenvalue weighted by Gasteiger charge is -2.08. The summed E-state index contributed by atoms with van der Waals surface area (Å²) in [5.41, 5.74) is 72.1. The molecule has 23 nitrogen and oxygen atoms in total. The summed E-state index contributed by atoms with van der Waals surface area (Å²) in [6, 6.07) is 88.1. The Kier molecular flexibility index (Phi) is 59.0. The second-order valence-electron chi connectivity index (χ2n) is 33.0. The van der Waals surface area contributed by atoms with Crippen LogP contribution >= 0.6 is 11.6 Å². The number of nitrogens with one attached hydrogen (secondary N) is 1. The summed E-state index contributed by atoms with van der Waals surface area (Å²) < 4.78 is 22.4. The van der Waals surface area contributed by atoms with Crippen LogP contribution in [0.4, 0.5) is 5.69 Å². The molecule has 16 rings (SSSR count). The fourth-order valence-electron chi connectivity index (χ4n) is 14.9. The lowest BCUT2D eigenvalue weighted by Crippen LogP contribution is -2.08. The van der Waals surface area contributed by atoms with Gasteiger partial charge < -0.3 is 90.6 Å². The number of fused-ring (bicyclic) bond motifs is 5. The number of aromatic nitrogens is 9. The predicted molar refractivity (Wildman–Crippen MR) is 582 cm³/mol. The van der Waals surface area contributed by atoms with E-state index in [4.69, 9.17) is 83.1 Å². The van der Waals surface area contributed by atoms with Crippen LogP contribution in [-0.4, -0.2) is 136 Å². The van der Waals surface area contributed by atoms with Gasteiger partial charge in [-0.3, -0.25) is 19.9 Å². The second kappa shape index (κ2) is 72.2. The highest BCUT2D eigenvalue weighted by molar-refractivity contribution is 6.30. The van der Waals surface area contributed by atoms with Crippen LogP contribution in [0.1, 0.15) is 143 Å². The number of unbranched alkanes of at least 4 members (excludes halogenated alkanes) is 8. The van der Waals surface area contributed by atoms with Crippen LogP contribution in [-0.2, 0) is 63.1 Å². The van der Waals surface area contributed by atoms with E-state index in [2.05, 4.69) is 183 Å². The number of ether oxygens (including phenoxy) is 3. The highest BCUT2D eigenvalue weighted by atomic mass is 35.5. The van der Waals surface area contributed by atoms with Gasteiger partial charge in [-0.2, -0.15) is 0 Å². The molecule has 0 radical (unpaired) electrons. The molecule has 16 aromatic rings. The van der Waals surface area contributed by atoms with E-state index < -0.39 is 0 Å². The first kappa shape index (κ1) is 113. The Labute approximate surface area is 825 Å². The molecule has 0 unspecified atom stereocenters. The third-order valence-corrected chi connectivity index (χ3v) is 22.6. The van der Waals surface area contributed by atoms with Crippen molar-refractivity contribution < 1.29 is 14.2 Å². The molecule has 0 aliphatic heterocycles. The molecular formula is C114H155ClN20O3. The molecule has 138 heavy (non-hydrogen) atoms. The van der Waals surface area contributed by atoms with Gasteiger partial charge in [0.25, 0.3) is 0 Å². The summed E-state index contributed by atoms with van der Waals surface area (Å²) in [5, 5.41) is 9.05. The average Bonchev–Trinajstić information content (AvgIpc) is 1.09. The van der Waals surface area contributed by atoms with Gasteiger partial charge in [0.15, 0.2) is 0 Å². The highest BCUT2D eigenvalue weighted by Crippen LogP contribution is 2.28. The minimum atomic E-state index is 0.590. The van der Waals surface area contributed by atoms with Gasteiger partial charge in [-0.05, 0) is 348 Å². The van der Waals surface area contributed by atoms with Crippen molar-refractivity contribution in [3.05, 3.63) is 355 Å². The van der Waals surface area contributed by atoms with Crippen molar-refractivity contribution in [1.29, 1.82) is 0 Å². The maximum Gasteiger partial charge on any atom is 0.145 e. The van der Waals surface area contributed by atoms with Crippen molar-refractivity contribution in [3.63, 3.8) is 0 Å². The lowest BCUT2D eigenvalue weighted by atomic mass is 10.0. The van der Waals surface area contributed by atoms with Crippen LogP contribution in [0.2, 0.25) is 5.02 Å². The third-order valence-electron chi connectivity index (χ3n) is 22.3. The molecule has 0 fully saturated rings. The number of para-hydroxylation sites is 6. The van der Waals surface area contributed by atoms with E-state index in [9.17, 15) is 0 Å². The van der Waals surface area contributed by atoms with Crippen molar-refractivity contribution in [2.75, 3.05) is 98.1 Å². The smallest absolute Gasteiger partial charge is 0.145 e. The largest absolute Gasteiger partial charge is 0.497 e. The average molecular weight is 1890 g/mol. The molecule has 9 aromatic carbocycles. The summed E-state index contributed by atoms with van der Waals surface area (Å²) in [4.78, 5) is 25.9. The van der Waals surface area contributed by atoms with Crippen LogP contribution in [0.25, 0.3) is 65.9 Å². The van der Waals surface area contributed by atoms with Gasteiger partial charge in [0.05, 0.1) is 67.8 Å². The Balaban J connectivity index is 0.000000210. The van der Waals surface area contributed by atoms with E-state index in [-0.39, 0.29) is 0 Å². The van der Waals surface area contributed by atoms with Crippen LogP contribution in [0.15, 0.2) is 317 Å². The number of pyridine rings is 4. The zero-order chi connectivity index (χ0) is 98.1. The van der Waals surface area contributed by atoms with Crippen LogP contribution in [0.3, 0.4) is 0 Å². The SMILES string of the molecule is COc1ccc2nccc(CCCCN)c2c1.COc1cccc2c(CCCCN)ccnc12.NCCCCc1cccc(Cl)c1.NCCCCc1ccccc1.NCCCCc1ccnc2ccccc12.NCCCCn1ccc2ccccc21.NCCCCn1cnc(-c2cccnc2)c1.NCCCCn1cnc2ccccc21.NCCCNc1ccccc1.NCCOCc1ccccc1. The molecule has 0 amide bonds. The van der Waals surface area contributed by atoms with E-state index in [1.54, 1.807) is 20.4 Å².